The van der Waals surface area contributed by atoms with Crippen LogP contribution in [0.15, 0.2) is 0 Å². The molecule has 1 atom stereocenters. The average molecular weight is 458 g/mol. The summed E-state index contributed by atoms with van der Waals surface area (Å²) in [6, 6.07) is -0.612. The van der Waals surface area contributed by atoms with Crippen LogP contribution in [0.25, 0.3) is 0 Å². The van der Waals surface area contributed by atoms with E-state index in [1.807, 2.05) is 13.8 Å². The molecule has 0 aromatic heterocycles. The first kappa shape index (κ1) is 30.2. The lowest BCUT2D eigenvalue weighted by molar-refractivity contribution is -0.147. The van der Waals surface area contributed by atoms with Crippen LogP contribution in [0.1, 0.15) is 105 Å². The molecule has 0 radical (unpaired) electrons. The Bertz CT molecular complexity index is 532. The monoisotopic (exact) mass is 457 g/mol. The minimum Gasteiger partial charge on any atom is -0.463 e. The van der Waals surface area contributed by atoms with E-state index in [2.05, 4.69) is 10.6 Å². The van der Waals surface area contributed by atoms with Gasteiger partial charge in [-0.25, -0.2) is 4.79 Å². The summed E-state index contributed by atoms with van der Waals surface area (Å²) in [5.74, 6) is -0.292. The van der Waals surface area contributed by atoms with Crippen molar-refractivity contribution < 1.29 is 23.9 Å². The second-order valence-electron chi connectivity index (χ2n) is 9.54. The third-order valence-corrected chi connectivity index (χ3v) is 4.68. The number of amides is 2. The van der Waals surface area contributed by atoms with Crippen molar-refractivity contribution in [1.82, 2.24) is 10.6 Å². The average Bonchev–Trinajstić information content (AvgIpc) is 2.66. The Hall–Kier alpha value is -1.83. The molecular weight excluding hydrogens is 410 g/mol. The first-order chi connectivity index (χ1) is 15.0. The van der Waals surface area contributed by atoms with Crippen LogP contribution in [0.3, 0.4) is 0 Å². The Morgan fingerprint density at radius 2 is 1.47 bits per heavy atom. The normalized spacial score (nSPS) is 12.3. The van der Waals surface area contributed by atoms with Gasteiger partial charge in [0.05, 0.1) is 6.10 Å². The van der Waals surface area contributed by atoms with Gasteiger partial charge in [0.25, 0.3) is 0 Å². The van der Waals surface area contributed by atoms with Crippen LogP contribution in [0.2, 0.25) is 0 Å². The van der Waals surface area contributed by atoms with Crippen LogP contribution < -0.4 is 16.4 Å². The molecule has 0 aliphatic carbocycles. The highest BCUT2D eigenvalue weighted by Gasteiger charge is 2.23. The Morgan fingerprint density at radius 1 is 0.875 bits per heavy atom. The van der Waals surface area contributed by atoms with Crippen molar-refractivity contribution in [3.8, 4) is 0 Å². The molecule has 0 saturated carbocycles. The third-order valence-electron chi connectivity index (χ3n) is 4.68. The second kappa shape index (κ2) is 17.7. The summed E-state index contributed by atoms with van der Waals surface area (Å²) >= 11 is 0. The zero-order chi connectivity index (χ0) is 24.4. The van der Waals surface area contributed by atoms with E-state index in [9.17, 15) is 14.4 Å². The largest absolute Gasteiger partial charge is 0.463 e. The predicted octanol–water partition coefficient (Wildman–Crippen LogP) is 4.20. The van der Waals surface area contributed by atoms with Gasteiger partial charge in [0.1, 0.15) is 11.6 Å². The third kappa shape index (κ3) is 18.9. The predicted molar refractivity (Wildman–Crippen MR) is 127 cm³/mol. The van der Waals surface area contributed by atoms with E-state index in [4.69, 9.17) is 15.2 Å². The second-order valence-corrected chi connectivity index (χ2v) is 9.54. The SMILES string of the molecule is CC(C)OC(=O)CCCCCCCCCNC(=O)C(CCCCN)NC(=O)OC(C)(C)C. The number of carbonyl (C=O) groups excluding carboxylic acids is 3. The maximum Gasteiger partial charge on any atom is 0.408 e. The van der Waals surface area contributed by atoms with E-state index in [1.54, 1.807) is 20.8 Å². The van der Waals surface area contributed by atoms with Gasteiger partial charge in [-0.3, -0.25) is 9.59 Å². The van der Waals surface area contributed by atoms with Gasteiger partial charge in [0.2, 0.25) is 5.91 Å². The number of hydrogen-bond acceptors (Lipinski definition) is 6. The van der Waals surface area contributed by atoms with Gasteiger partial charge in [-0.2, -0.15) is 0 Å². The van der Waals surface area contributed by atoms with Crippen molar-refractivity contribution in [3.05, 3.63) is 0 Å². The Morgan fingerprint density at radius 3 is 2.03 bits per heavy atom. The van der Waals surface area contributed by atoms with Gasteiger partial charge in [0, 0.05) is 13.0 Å². The van der Waals surface area contributed by atoms with Crippen LogP contribution in [-0.2, 0) is 19.1 Å². The van der Waals surface area contributed by atoms with Crippen molar-refractivity contribution in [2.24, 2.45) is 5.73 Å². The van der Waals surface area contributed by atoms with Gasteiger partial charge < -0.3 is 25.8 Å². The first-order valence-corrected chi connectivity index (χ1v) is 12.2. The van der Waals surface area contributed by atoms with E-state index in [-0.39, 0.29) is 18.0 Å². The lowest BCUT2D eigenvalue weighted by Crippen LogP contribution is -2.48. The van der Waals surface area contributed by atoms with Gasteiger partial charge >= 0.3 is 12.1 Å². The van der Waals surface area contributed by atoms with Gasteiger partial charge in [-0.1, -0.05) is 32.1 Å². The lowest BCUT2D eigenvalue weighted by Gasteiger charge is -2.23. The fourth-order valence-corrected chi connectivity index (χ4v) is 3.15. The van der Waals surface area contributed by atoms with Gasteiger partial charge in [0.15, 0.2) is 0 Å². The van der Waals surface area contributed by atoms with Gasteiger partial charge in [-0.15, -0.1) is 0 Å². The number of alkyl carbamates (subject to hydrolysis) is 1. The van der Waals surface area contributed by atoms with Crippen LogP contribution >= 0.6 is 0 Å². The highest BCUT2D eigenvalue weighted by molar-refractivity contribution is 5.85. The minimum atomic E-state index is -0.612. The van der Waals surface area contributed by atoms with Crippen LogP contribution in [0, 0.1) is 0 Å². The molecule has 0 bridgehead atoms. The van der Waals surface area contributed by atoms with Crippen molar-refractivity contribution in [2.45, 2.75) is 123 Å². The molecule has 0 aromatic rings. The Balaban J connectivity index is 3.99. The minimum absolute atomic E-state index is 0.0442. The van der Waals surface area contributed by atoms with Crippen molar-refractivity contribution in [2.75, 3.05) is 13.1 Å². The summed E-state index contributed by atoms with van der Waals surface area (Å²) in [6.45, 7) is 10.2. The first-order valence-electron chi connectivity index (χ1n) is 12.2. The number of ether oxygens (including phenoxy) is 2. The molecule has 1 unspecified atom stereocenters. The van der Waals surface area contributed by atoms with E-state index in [1.165, 1.54) is 0 Å². The molecule has 8 nitrogen and oxygen atoms in total. The number of nitrogens with one attached hydrogen (secondary N) is 2. The van der Waals surface area contributed by atoms with Crippen molar-refractivity contribution >= 4 is 18.0 Å². The molecule has 0 spiro atoms. The standard InChI is InChI=1S/C24H47N3O5/c1-19(2)31-21(28)16-11-9-7-6-8-10-14-18-26-22(29)20(15-12-13-17-25)27-23(30)32-24(3,4)5/h19-20H,6-18,25H2,1-5H3,(H,26,29)(H,27,30). The van der Waals surface area contributed by atoms with Crippen LogP contribution in [-0.4, -0.2) is 48.8 Å². The van der Waals surface area contributed by atoms with Gasteiger partial charge in [-0.05, 0) is 73.3 Å². The lowest BCUT2D eigenvalue weighted by atomic mass is 10.1. The molecule has 32 heavy (non-hydrogen) atoms. The molecule has 188 valence electrons. The smallest absolute Gasteiger partial charge is 0.408 e. The Labute approximate surface area is 194 Å². The van der Waals surface area contributed by atoms with Crippen LogP contribution in [0.5, 0.6) is 0 Å². The molecule has 2 amide bonds. The number of rotatable bonds is 17. The van der Waals surface area contributed by atoms with Crippen molar-refractivity contribution in [3.63, 3.8) is 0 Å². The summed E-state index contributed by atoms with van der Waals surface area (Å²) in [7, 11) is 0. The number of hydrogen-bond donors (Lipinski definition) is 3. The molecule has 0 rings (SSSR count). The van der Waals surface area contributed by atoms with Crippen molar-refractivity contribution in [1.29, 1.82) is 0 Å². The molecule has 0 saturated heterocycles. The summed E-state index contributed by atoms with van der Waals surface area (Å²) < 4.78 is 10.4. The maximum atomic E-state index is 12.5. The number of esters is 1. The molecule has 0 aliphatic rings. The van der Waals surface area contributed by atoms with E-state index < -0.39 is 17.7 Å². The highest BCUT2D eigenvalue weighted by Crippen LogP contribution is 2.10. The van der Waals surface area contributed by atoms with Crippen LogP contribution in [0.4, 0.5) is 4.79 Å². The zero-order valence-corrected chi connectivity index (χ0v) is 21.0. The fourth-order valence-electron chi connectivity index (χ4n) is 3.15. The van der Waals surface area contributed by atoms with E-state index in [0.29, 0.717) is 25.9 Å². The zero-order valence-electron chi connectivity index (χ0n) is 21.0. The molecule has 4 N–H and O–H groups in total. The molecule has 0 aromatic carbocycles. The molecule has 8 heteroatoms. The summed E-state index contributed by atoms with van der Waals surface area (Å²) in [6.07, 6.45) is 9.13. The number of unbranched alkanes of at least 4 members (excludes halogenated alkanes) is 7. The maximum absolute atomic E-state index is 12.5. The van der Waals surface area contributed by atoms with E-state index in [0.717, 1.165) is 57.8 Å². The fraction of sp³-hybridized carbons (Fsp3) is 0.875. The highest BCUT2D eigenvalue weighted by atomic mass is 16.6. The number of nitrogens with two attached hydrogens (primary N) is 1. The summed E-state index contributed by atoms with van der Waals surface area (Å²) in [4.78, 5) is 36.0. The summed E-state index contributed by atoms with van der Waals surface area (Å²) in [5, 5.41) is 5.61. The molecule has 0 fully saturated rings. The molecular formula is C24H47N3O5. The quantitative estimate of drug-likeness (QED) is 0.222. The topological polar surface area (TPSA) is 120 Å². The summed E-state index contributed by atoms with van der Waals surface area (Å²) in [5.41, 5.74) is 4.93. The molecule has 0 aliphatic heterocycles. The molecule has 0 heterocycles. The van der Waals surface area contributed by atoms with E-state index >= 15 is 0 Å². The Kier molecular flexibility index (Phi) is 16.7. The number of carbonyl (C=O) groups is 3.